The van der Waals surface area contributed by atoms with Crippen LogP contribution in [0.25, 0.3) is 0 Å². The highest BCUT2D eigenvalue weighted by atomic mass is 16.6. The molecule has 0 saturated carbocycles. The molecule has 0 saturated heterocycles. The summed E-state index contributed by atoms with van der Waals surface area (Å²) in [5.41, 5.74) is 4.00. The standard InChI is InChI=1S/C25H27N3O2/c1-25(2,3)30-24(29)28(4)18-19-15-22(17-26-16-19)27-23(20-11-7-5-8-12-20)21-13-9-6-10-14-21/h5-17H,18H2,1-4H3. The second kappa shape index (κ2) is 9.35. The maximum Gasteiger partial charge on any atom is 0.410 e. The van der Waals surface area contributed by atoms with Crippen molar-refractivity contribution in [1.82, 2.24) is 9.88 Å². The average Bonchev–Trinajstić information content (AvgIpc) is 2.72. The highest BCUT2D eigenvalue weighted by Gasteiger charge is 2.19. The van der Waals surface area contributed by atoms with Crippen molar-refractivity contribution in [2.45, 2.75) is 32.9 Å². The molecule has 0 atom stereocenters. The van der Waals surface area contributed by atoms with E-state index in [0.717, 1.165) is 28.1 Å². The van der Waals surface area contributed by atoms with E-state index >= 15 is 0 Å². The molecule has 0 bridgehead atoms. The van der Waals surface area contributed by atoms with Crippen molar-refractivity contribution in [2.75, 3.05) is 7.05 Å². The van der Waals surface area contributed by atoms with Crippen LogP contribution in [0.1, 0.15) is 37.5 Å². The Bertz CT molecular complexity index is 968. The Morgan fingerprint density at radius 2 is 1.53 bits per heavy atom. The fourth-order valence-corrected chi connectivity index (χ4v) is 2.92. The van der Waals surface area contributed by atoms with Crippen molar-refractivity contribution in [3.05, 3.63) is 95.8 Å². The highest BCUT2D eigenvalue weighted by molar-refractivity contribution is 6.13. The predicted octanol–water partition coefficient (Wildman–Crippen LogP) is 5.62. The van der Waals surface area contributed by atoms with Gasteiger partial charge < -0.3 is 9.64 Å². The Labute approximate surface area is 178 Å². The first-order valence-electron chi connectivity index (χ1n) is 9.89. The lowest BCUT2D eigenvalue weighted by atomic mass is 10.0. The van der Waals surface area contributed by atoms with E-state index in [9.17, 15) is 4.79 Å². The largest absolute Gasteiger partial charge is 0.444 e. The quantitative estimate of drug-likeness (QED) is 0.522. The summed E-state index contributed by atoms with van der Waals surface area (Å²) in [7, 11) is 1.71. The summed E-state index contributed by atoms with van der Waals surface area (Å²) >= 11 is 0. The lowest BCUT2D eigenvalue weighted by Crippen LogP contribution is -2.33. The molecule has 0 N–H and O–H groups in total. The highest BCUT2D eigenvalue weighted by Crippen LogP contribution is 2.20. The van der Waals surface area contributed by atoms with Crippen LogP contribution >= 0.6 is 0 Å². The van der Waals surface area contributed by atoms with E-state index in [4.69, 9.17) is 9.73 Å². The third-order valence-corrected chi connectivity index (χ3v) is 4.24. The monoisotopic (exact) mass is 401 g/mol. The molecule has 1 amide bonds. The molecule has 30 heavy (non-hydrogen) atoms. The lowest BCUT2D eigenvalue weighted by molar-refractivity contribution is 0.0285. The first-order valence-corrected chi connectivity index (χ1v) is 9.89. The van der Waals surface area contributed by atoms with Gasteiger partial charge >= 0.3 is 6.09 Å². The van der Waals surface area contributed by atoms with Gasteiger partial charge in [0.05, 0.1) is 24.1 Å². The first kappa shape index (κ1) is 21.2. The van der Waals surface area contributed by atoms with Gasteiger partial charge in [0, 0.05) is 24.4 Å². The number of benzene rings is 2. The Morgan fingerprint density at radius 1 is 0.967 bits per heavy atom. The van der Waals surface area contributed by atoms with E-state index in [2.05, 4.69) is 4.98 Å². The van der Waals surface area contributed by atoms with E-state index in [-0.39, 0.29) is 6.09 Å². The summed E-state index contributed by atoms with van der Waals surface area (Å²) in [6.45, 7) is 5.94. The van der Waals surface area contributed by atoms with Crippen molar-refractivity contribution < 1.29 is 9.53 Å². The fraction of sp³-hybridized carbons (Fsp3) is 0.240. The minimum atomic E-state index is -0.532. The number of nitrogens with zero attached hydrogens (tertiary/aromatic N) is 3. The lowest BCUT2D eigenvalue weighted by Gasteiger charge is -2.24. The van der Waals surface area contributed by atoms with Gasteiger partial charge in [-0.05, 0) is 32.4 Å². The third-order valence-electron chi connectivity index (χ3n) is 4.24. The molecular weight excluding hydrogens is 374 g/mol. The normalized spacial score (nSPS) is 10.9. The summed E-state index contributed by atoms with van der Waals surface area (Å²) < 4.78 is 5.42. The van der Waals surface area contributed by atoms with Gasteiger partial charge in [-0.2, -0.15) is 0 Å². The SMILES string of the molecule is CN(Cc1cncc(N=C(c2ccccc2)c2ccccc2)c1)C(=O)OC(C)(C)C. The summed E-state index contributed by atoms with van der Waals surface area (Å²) in [6.07, 6.45) is 3.10. The van der Waals surface area contributed by atoms with Gasteiger partial charge in [-0.3, -0.25) is 4.98 Å². The molecule has 1 heterocycles. The summed E-state index contributed by atoms with van der Waals surface area (Å²) in [4.78, 5) is 23.0. The molecule has 5 nitrogen and oxygen atoms in total. The maximum atomic E-state index is 12.3. The molecule has 0 radical (unpaired) electrons. The van der Waals surface area contributed by atoms with Crippen molar-refractivity contribution in [1.29, 1.82) is 0 Å². The van der Waals surface area contributed by atoms with Gasteiger partial charge in [0.25, 0.3) is 0 Å². The van der Waals surface area contributed by atoms with Gasteiger partial charge in [0.15, 0.2) is 0 Å². The van der Waals surface area contributed by atoms with Crippen molar-refractivity contribution in [3.8, 4) is 0 Å². The van der Waals surface area contributed by atoms with E-state index in [1.807, 2.05) is 87.5 Å². The van der Waals surface area contributed by atoms with E-state index < -0.39 is 5.60 Å². The molecule has 0 fully saturated rings. The molecule has 5 heteroatoms. The molecule has 0 spiro atoms. The second-order valence-electron chi connectivity index (χ2n) is 8.08. The first-order chi connectivity index (χ1) is 14.3. The van der Waals surface area contributed by atoms with Gasteiger partial charge in [0.2, 0.25) is 0 Å². The number of hydrogen-bond acceptors (Lipinski definition) is 4. The Morgan fingerprint density at radius 3 is 2.07 bits per heavy atom. The third kappa shape index (κ3) is 6.01. The van der Waals surface area contributed by atoms with Crippen LogP contribution in [0.3, 0.4) is 0 Å². The molecular formula is C25H27N3O2. The van der Waals surface area contributed by atoms with Crippen LogP contribution in [-0.4, -0.2) is 34.3 Å². The van der Waals surface area contributed by atoms with Gasteiger partial charge in [-0.1, -0.05) is 60.7 Å². The van der Waals surface area contributed by atoms with Gasteiger partial charge in [0.1, 0.15) is 5.60 Å². The Hall–Kier alpha value is -3.47. The van der Waals surface area contributed by atoms with Gasteiger partial charge in [-0.25, -0.2) is 9.79 Å². The Balaban J connectivity index is 1.88. The van der Waals surface area contributed by atoms with Crippen LogP contribution in [0.2, 0.25) is 0 Å². The van der Waals surface area contributed by atoms with Crippen LogP contribution in [0.15, 0.2) is 84.1 Å². The number of aromatic nitrogens is 1. The molecule has 2 aromatic carbocycles. The number of rotatable bonds is 5. The molecule has 0 aliphatic rings. The molecule has 0 aliphatic carbocycles. The number of aliphatic imine (C=N–C) groups is 1. The predicted molar refractivity (Wildman–Crippen MR) is 120 cm³/mol. The van der Waals surface area contributed by atoms with Crippen LogP contribution in [0, 0.1) is 0 Å². The molecule has 1 aromatic heterocycles. The molecule has 3 rings (SSSR count). The van der Waals surface area contributed by atoms with Crippen LogP contribution < -0.4 is 0 Å². The minimum absolute atomic E-state index is 0.370. The van der Waals surface area contributed by atoms with Crippen LogP contribution in [0.5, 0.6) is 0 Å². The maximum absolute atomic E-state index is 12.3. The number of ether oxygens (including phenoxy) is 1. The van der Waals surface area contributed by atoms with Crippen molar-refractivity contribution >= 4 is 17.5 Å². The summed E-state index contributed by atoms with van der Waals surface area (Å²) in [5.74, 6) is 0. The zero-order valence-corrected chi connectivity index (χ0v) is 17.9. The van der Waals surface area contributed by atoms with E-state index in [0.29, 0.717) is 6.54 Å². The van der Waals surface area contributed by atoms with Gasteiger partial charge in [-0.15, -0.1) is 0 Å². The molecule has 3 aromatic rings. The van der Waals surface area contributed by atoms with Crippen LogP contribution in [-0.2, 0) is 11.3 Å². The Kier molecular flexibility index (Phi) is 6.62. The zero-order chi connectivity index (χ0) is 21.6. The van der Waals surface area contributed by atoms with Crippen LogP contribution in [0.4, 0.5) is 10.5 Å². The zero-order valence-electron chi connectivity index (χ0n) is 17.9. The fourth-order valence-electron chi connectivity index (χ4n) is 2.92. The average molecular weight is 402 g/mol. The van der Waals surface area contributed by atoms with E-state index in [1.165, 1.54) is 4.90 Å². The van der Waals surface area contributed by atoms with E-state index in [1.54, 1.807) is 19.4 Å². The smallest absolute Gasteiger partial charge is 0.410 e. The molecule has 0 unspecified atom stereocenters. The number of pyridine rings is 1. The summed E-state index contributed by atoms with van der Waals surface area (Å²) in [6, 6.07) is 22.1. The number of carbonyl (C=O) groups is 1. The van der Waals surface area contributed by atoms with Crippen molar-refractivity contribution in [3.63, 3.8) is 0 Å². The number of carbonyl (C=O) groups excluding carboxylic acids is 1. The number of amides is 1. The molecule has 0 aliphatic heterocycles. The topological polar surface area (TPSA) is 54.8 Å². The van der Waals surface area contributed by atoms with Crippen molar-refractivity contribution in [2.24, 2.45) is 4.99 Å². The minimum Gasteiger partial charge on any atom is -0.444 e. The summed E-state index contributed by atoms with van der Waals surface area (Å²) in [5, 5.41) is 0. The molecule has 154 valence electrons. The number of hydrogen-bond donors (Lipinski definition) is 0. The second-order valence-corrected chi connectivity index (χ2v) is 8.08.